The van der Waals surface area contributed by atoms with Gasteiger partial charge in [0.05, 0.1) is 25.1 Å². The van der Waals surface area contributed by atoms with E-state index in [2.05, 4.69) is 39.8 Å². The highest BCUT2D eigenvalue weighted by atomic mass is 32.1. The highest BCUT2D eigenvalue weighted by molar-refractivity contribution is 7.14. The van der Waals surface area contributed by atoms with Crippen molar-refractivity contribution in [1.29, 1.82) is 0 Å². The molecular formula is C25H21N3O2S. The summed E-state index contributed by atoms with van der Waals surface area (Å²) >= 11 is 1.53. The van der Waals surface area contributed by atoms with E-state index in [0.29, 0.717) is 13.2 Å². The van der Waals surface area contributed by atoms with Gasteiger partial charge in [-0.25, -0.2) is 4.98 Å². The Bertz CT molecular complexity index is 1170. The Kier molecular flexibility index (Phi) is 5.84. The average Bonchev–Trinajstić information content (AvgIpc) is 3.53. The Hall–Kier alpha value is -3.32. The number of hydrazone groups is 1. The van der Waals surface area contributed by atoms with E-state index in [1.807, 2.05) is 60.0 Å². The van der Waals surface area contributed by atoms with Gasteiger partial charge in [-0.15, -0.1) is 11.3 Å². The van der Waals surface area contributed by atoms with Crippen molar-refractivity contribution in [2.24, 2.45) is 5.10 Å². The fraction of sp³-hybridized carbons (Fsp3) is 0.120. The van der Waals surface area contributed by atoms with Crippen LogP contribution in [-0.2, 0) is 9.47 Å². The number of hydrogen-bond donors (Lipinski definition) is 1. The zero-order valence-corrected chi connectivity index (χ0v) is 17.6. The molecule has 1 aliphatic heterocycles. The van der Waals surface area contributed by atoms with Gasteiger partial charge in [-0.2, -0.15) is 5.10 Å². The van der Waals surface area contributed by atoms with Gasteiger partial charge in [0.15, 0.2) is 6.29 Å². The predicted octanol–water partition coefficient (Wildman–Crippen LogP) is 5.97. The molecule has 0 spiro atoms. The summed E-state index contributed by atoms with van der Waals surface area (Å²) < 4.78 is 11.4. The molecule has 154 valence electrons. The first-order chi connectivity index (χ1) is 15.4. The fourth-order valence-corrected chi connectivity index (χ4v) is 4.15. The summed E-state index contributed by atoms with van der Waals surface area (Å²) in [7, 11) is 0. The van der Waals surface area contributed by atoms with Crippen LogP contribution >= 0.6 is 11.3 Å². The highest BCUT2D eigenvalue weighted by Gasteiger charge is 2.21. The molecule has 0 amide bonds. The van der Waals surface area contributed by atoms with Crippen molar-refractivity contribution in [3.05, 3.63) is 95.4 Å². The Morgan fingerprint density at radius 1 is 0.871 bits per heavy atom. The van der Waals surface area contributed by atoms with Crippen molar-refractivity contribution in [1.82, 2.24) is 4.98 Å². The second-order valence-electron chi connectivity index (χ2n) is 7.06. The van der Waals surface area contributed by atoms with Gasteiger partial charge in [-0.3, -0.25) is 5.43 Å². The van der Waals surface area contributed by atoms with E-state index in [9.17, 15) is 0 Å². The maximum absolute atomic E-state index is 5.69. The number of hydrogen-bond acceptors (Lipinski definition) is 6. The Morgan fingerprint density at radius 2 is 1.61 bits per heavy atom. The van der Waals surface area contributed by atoms with E-state index in [1.54, 1.807) is 6.21 Å². The van der Waals surface area contributed by atoms with Crippen LogP contribution in [0, 0.1) is 0 Å². The number of nitrogens with zero attached hydrogens (tertiary/aromatic N) is 2. The van der Waals surface area contributed by atoms with Gasteiger partial charge in [0, 0.05) is 16.5 Å². The van der Waals surface area contributed by atoms with Gasteiger partial charge in [0.1, 0.15) is 0 Å². The molecule has 3 aromatic carbocycles. The molecule has 4 aromatic rings. The molecule has 1 aromatic heterocycles. The zero-order valence-electron chi connectivity index (χ0n) is 16.8. The van der Waals surface area contributed by atoms with Gasteiger partial charge < -0.3 is 9.47 Å². The van der Waals surface area contributed by atoms with E-state index < -0.39 is 0 Å². The van der Waals surface area contributed by atoms with Crippen molar-refractivity contribution in [3.8, 4) is 22.4 Å². The lowest BCUT2D eigenvalue weighted by molar-refractivity contribution is -0.0436. The summed E-state index contributed by atoms with van der Waals surface area (Å²) in [6.07, 6.45) is 1.50. The molecule has 0 unspecified atom stereocenters. The summed E-state index contributed by atoms with van der Waals surface area (Å²) in [5, 5.41) is 7.12. The summed E-state index contributed by atoms with van der Waals surface area (Å²) in [6, 6.07) is 26.6. The monoisotopic (exact) mass is 427 g/mol. The van der Waals surface area contributed by atoms with Gasteiger partial charge in [-0.1, -0.05) is 78.9 Å². The van der Waals surface area contributed by atoms with Crippen molar-refractivity contribution >= 4 is 22.7 Å². The average molecular weight is 428 g/mol. The SMILES string of the molecule is C(=NNc1nc(-c2ccccc2)cs1)c1ccc(-c2ccccc2C2OCCO2)cc1. The quantitative estimate of drug-likeness (QED) is 0.304. The lowest BCUT2D eigenvalue weighted by Crippen LogP contribution is -2.00. The fourth-order valence-electron chi connectivity index (χ4n) is 3.48. The maximum Gasteiger partial charge on any atom is 0.203 e. The van der Waals surface area contributed by atoms with E-state index in [-0.39, 0.29) is 6.29 Å². The van der Waals surface area contributed by atoms with Gasteiger partial charge in [0.25, 0.3) is 0 Å². The van der Waals surface area contributed by atoms with Crippen LogP contribution in [0.5, 0.6) is 0 Å². The molecule has 1 aliphatic rings. The molecule has 1 fully saturated rings. The number of aromatic nitrogens is 1. The van der Waals surface area contributed by atoms with Crippen molar-refractivity contribution in [2.45, 2.75) is 6.29 Å². The van der Waals surface area contributed by atoms with Crippen molar-refractivity contribution in [3.63, 3.8) is 0 Å². The minimum absolute atomic E-state index is 0.291. The number of ether oxygens (including phenoxy) is 2. The number of anilines is 1. The Labute approximate surface area is 185 Å². The molecule has 2 heterocycles. The second-order valence-corrected chi connectivity index (χ2v) is 7.91. The standard InChI is InChI=1S/C25H21N3O2S/c1-2-6-20(7-3-1)23-17-31-25(27-23)28-26-16-18-10-12-19(13-11-18)21-8-4-5-9-22(21)24-29-14-15-30-24/h1-13,16-17,24H,14-15H2,(H,27,28). The van der Waals surface area contributed by atoms with E-state index in [4.69, 9.17) is 9.47 Å². The first-order valence-electron chi connectivity index (χ1n) is 10.1. The lowest BCUT2D eigenvalue weighted by Gasteiger charge is -2.14. The highest BCUT2D eigenvalue weighted by Crippen LogP contribution is 2.32. The molecule has 5 nitrogen and oxygen atoms in total. The molecule has 0 aliphatic carbocycles. The van der Waals surface area contributed by atoms with E-state index in [1.165, 1.54) is 11.3 Å². The third-order valence-corrected chi connectivity index (χ3v) is 5.75. The predicted molar refractivity (Wildman–Crippen MR) is 125 cm³/mol. The molecule has 5 rings (SSSR count). The third-order valence-electron chi connectivity index (χ3n) is 5.01. The number of benzene rings is 3. The zero-order chi connectivity index (χ0) is 20.9. The third kappa shape index (κ3) is 4.56. The van der Waals surface area contributed by atoms with Crippen molar-refractivity contribution < 1.29 is 9.47 Å². The molecule has 1 saturated heterocycles. The van der Waals surface area contributed by atoms with Gasteiger partial charge in [-0.05, 0) is 16.7 Å². The number of thiazole rings is 1. The smallest absolute Gasteiger partial charge is 0.203 e. The minimum atomic E-state index is -0.291. The molecule has 0 radical (unpaired) electrons. The van der Waals surface area contributed by atoms with Crippen LogP contribution in [0.3, 0.4) is 0 Å². The van der Waals surface area contributed by atoms with Gasteiger partial charge >= 0.3 is 0 Å². The van der Waals surface area contributed by atoms with Crippen LogP contribution in [0.25, 0.3) is 22.4 Å². The molecule has 6 heteroatoms. The van der Waals surface area contributed by atoms with Crippen LogP contribution in [0.2, 0.25) is 0 Å². The topological polar surface area (TPSA) is 55.7 Å². The van der Waals surface area contributed by atoms with Crippen molar-refractivity contribution in [2.75, 3.05) is 18.6 Å². The Morgan fingerprint density at radius 3 is 2.42 bits per heavy atom. The largest absolute Gasteiger partial charge is 0.346 e. The normalized spacial score (nSPS) is 14.3. The summed E-state index contributed by atoms with van der Waals surface area (Å²) in [4.78, 5) is 4.58. The number of rotatable bonds is 6. The molecule has 1 N–H and O–H groups in total. The first-order valence-corrected chi connectivity index (χ1v) is 11.0. The van der Waals surface area contributed by atoms with E-state index >= 15 is 0 Å². The van der Waals surface area contributed by atoms with Crippen LogP contribution in [0.4, 0.5) is 5.13 Å². The molecule has 0 bridgehead atoms. The maximum atomic E-state index is 5.69. The van der Waals surface area contributed by atoms with Crippen LogP contribution in [-0.4, -0.2) is 24.4 Å². The number of nitrogens with one attached hydrogen (secondary N) is 1. The molecule has 0 atom stereocenters. The molecular weight excluding hydrogens is 406 g/mol. The van der Waals surface area contributed by atoms with Crippen LogP contribution in [0.1, 0.15) is 17.4 Å². The minimum Gasteiger partial charge on any atom is -0.346 e. The second kappa shape index (κ2) is 9.22. The summed E-state index contributed by atoms with van der Waals surface area (Å²) in [5.74, 6) is 0. The first kappa shape index (κ1) is 19.6. The molecule has 31 heavy (non-hydrogen) atoms. The Balaban J connectivity index is 1.26. The summed E-state index contributed by atoms with van der Waals surface area (Å²) in [6.45, 7) is 1.26. The van der Waals surface area contributed by atoms with E-state index in [0.717, 1.165) is 38.6 Å². The van der Waals surface area contributed by atoms with Crippen LogP contribution in [0.15, 0.2) is 89.3 Å². The summed E-state index contributed by atoms with van der Waals surface area (Å²) in [5.41, 5.74) is 9.36. The lowest BCUT2D eigenvalue weighted by atomic mass is 9.98. The molecule has 0 saturated carbocycles. The van der Waals surface area contributed by atoms with Gasteiger partial charge in [0.2, 0.25) is 5.13 Å². The van der Waals surface area contributed by atoms with Crippen LogP contribution < -0.4 is 5.43 Å².